The predicted molar refractivity (Wildman–Crippen MR) is 58.8 cm³/mol. The zero-order valence-electron chi connectivity index (χ0n) is 8.49. The Kier molecular flexibility index (Phi) is 3.48. The molecule has 0 saturated carbocycles. The van der Waals surface area contributed by atoms with Crippen LogP contribution in [-0.2, 0) is 4.79 Å². The van der Waals surface area contributed by atoms with E-state index >= 15 is 0 Å². The van der Waals surface area contributed by atoms with Gasteiger partial charge in [-0.15, -0.1) is 0 Å². The van der Waals surface area contributed by atoms with Crippen molar-refractivity contribution in [2.45, 2.75) is 12.5 Å². The van der Waals surface area contributed by atoms with E-state index in [9.17, 15) is 9.59 Å². The molecule has 1 atom stereocenters. The van der Waals surface area contributed by atoms with Crippen LogP contribution in [0.1, 0.15) is 6.42 Å². The molecule has 1 unspecified atom stereocenters. The normalized spacial score (nSPS) is 26.0. The van der Waals surface area contributed by atoms with Gasteiger partial charge in [-0.05, 0) is 13.0 Å². The van der Waals surface area contributed by atoms with Crippen molar-refractivity contribution < 1.29 is 9.59 Å². The highest BCUT2D eigenvalue weighted by atomic mass is 32.2. The molecule has 0 aliphatic carbocycles. The summed E-state index contributed by atoms with van der Waals surface area (Å²) in [6.45, 7) is 2.71. The molecule has 2 aliphatic rings. The maximum absolute atomic E-state index is 11.6. The largest absolute Gasteiger partial charge is 0.351 e. The van der Waals surface area contributed by atoms with Crippen LogP contribution in [0.5, 0.6) is 0 Å². The Bertz CT molecular complexity index is 266. The van der Waals surface area contributed by atoms with Gasteiger partial charge in [0.1, 0.15) is 6.54 Å². The second kappa shape index (κ2) is 4.85. The van der Waals surface area contributed by atoms with E-state index in [0.717, 1.165) is 25.3 Å². The summed E-state index contributed by atoms with van der Waals surface area (Å²) in [5.41, 5.74) is 0. The van der Waals surface area contributed by atoms with E-state index in [0.29, 0.717) is 6.54 Å². The van der Waals surface area contributed by atoms with E-state index in [1.165, 1.54) is 11.8 Å². The van der Waals surface area contributed by atoms with Crippen LogP contribution < -0.4 is 10.6 Å². The van der Waals surface area contributed by atoms with Gasteiger partial charge in [0, 0.05) is 24.9 Å². The van der Waals surface area contributed by atoms with E-state index in [2.05, 4.69) is 10.6 Å². The summed E-state index contributed by atoms with van der Waals surface area (Å²) in [5, 5.41) is 6.13. The molecule has 2 aliphatic heterocycles. The highest BCUT2D eigenvalue weighted by Gasteiger charge is 2.24. The third-order valence-electron chi connectivity index (χ3n) is 2.60. The van der Waals surface area contributed by atoms with E-state index in [1.807, 2.05) is 0 Å². The first-order valence-corrected chi connectivity index (χ1v) is 6.16. The third-order valence-corrected chi connectivity index (χ3v) is 3.50. The summed E-state index contributed by atoms with van der Waals surface area (Å²) in [6, 6.07) is 0.239. The minimum Gasteiger partial charge on any atom is -0.351 e. The van der Waals surface area contributed by atoms with Crippen molar-refractivity contribution in [1.82, 2.24) is 15.5 Å². The molecule has 2 amide bonds. The third kappa shape index (κ3) is 2.85. The van der Waals surface area contributed by atoms with Crippen LogP contribution in [0.4, 0.5) is 4.79 Å². The van der Waals surface area contributed by atoms with E-state index in [-0.39, 0.29) is 23.7 Å². The molecular weight excluding hydrogens is 214 g/mol. The molecule has 0 aromatic heterocycles. The summed E-state index contributed by atoms with van der Waals surface area (Å²) >= 11 is 1.28. The van der Waals surface area contributed by atoms with Crippen LogP contribution in [0.15, 0.2) is 0 Å². The Balaban J connectivity index is 1.74. The van der Waals surface area contributed by atoms with Gasteiger partial charge in [0.25, 0.3) is 5.24 Å². The molecule has 0 bridgehead atoms. The number of nitrogens with one attached hydrogen (secondary N) is 2. The fourth-order valence-corrected chi connectivity index (χ4v) is 2.62. The monoisotopic (exact) mass is 229 g/mol. The van der Waals surface area contributed by atoms with Gasteiger partial charge in [-0.25, -0.2) is 0 Å². The van der Waals surface area contributed by atoms with Gasteiger partial charge in [0.15, 0.2) is 0 Å². The lowest BCUT2D eigenvalue weighted by Gasteiger charge is -2.16. The molecule has 0 aromatic rings. The first-order chi connectivity index (χ1) is 7.25. The quantitative estimate of drug-likeness (QED) is 0.693. The van der Waals surface area contributed by atoms with Crippen molar-refractivity contribution in [2.24, 2.45) is 0 Å². The number of thioether (sulfide) groups is 1. The Hall–Kier alpha value is -0.750. The van der Waals surface area contributed by atoms with Crippen LogP contribution in [0, 0.1) is 0 Å². The standard InChI is InChI=1S/C9H15N3O2S/c13-8(11-7-1-2-10-5-7)6-12-3-4-15-9(12)14/h7,10H,1-6H2,(H,11,13). The molecule has 84 valence electrons. The molecule has 2 N–H and O–H groups in total. The van der Waals surface area contributed by atoms with E-state index < -0.39 is 0 Å². The highest BCUT2D eigenvalue weighted by molar-refractivity contribution is 8.13. The Labute approximate surface area is 93.0 Å². The minimum absolute atomic E-state index is 0.0229. The highest BCUT2D eigenvalue weighted by Crippen LogP contribution is 2.16. The van der Waals surface area contributed by atoms with Gasteiger partial charge < -0.3 is 15.5 Å². The lowest BCUT2D eigenvalue weighted by molar-refractivity contribution is -0.122. The fraction of sp³-hybridized carbons (Fsp3) is 0.778. The molecule has 2 fully saturated rings. The lowest BCUT2D eigenvalue weighted by atomic mass is 10.2. The summed E-state index contributed by atoms with van der Waals surface area (Å²) in [7, 11) is 0. The van der Waals surface area contributed by atoms with Crippen molar-refractivity contribution in [3.63, 3.8) is 0 Å². The fourth-order valence-electron chi connectivity index (χ4n) is 1.79. The number of hydrogen-bond donors (Lipinski definition) is 2. The Morgan fingerprint density at radius 1 is 1.67 bits per heavy atom. The van der Waals surface area contributed by atoms with E-state index in [4.69, 9.17) is 0 Å². The second-order valence-corrected chi connectivity index (χ2v) is 4.84. The van der Waals surface area contributed by atoms with Crippen LogP contribution in [-0.4, -0.2) is 54.0 Å². The predicted octanol–water partition coefficient (Wildman–Crippen LogP) is -0.367. The molecule has 2 saturated heterocycles. The van der Waals surface area contributed by atoms with Crippen molar-refractivity contribution in [2.75, 3.05) is 31.9 Å². The zero-order valence-corrected chi connectivity index (χ0v) is 9.31. The lowest BCUT2D eigenvalue weighted by Crippen LogP contribution is -2.43. The van der Waals surface area contributed by atoms with Gasteiger partial charge in [0.2, 0.25) is 5.91 Å². The van der Waals surface area contributed by atoms with E-state index in [1.54, 1.807) is 4.90 Å². The van der Waals surface area contributed by atoms with Gasteiger partial charge in [0.05, 0.1) is 0 Å². The average molecular weight is 229 g/mol. The number of rotatable bonds is 3. The molecule has 0 aromatic carbocycles. The van der Waals surface area contributed by atoms with Gasteiger partial charge >= 0.3 is 0 Å². The first-order valence-electron chi connectivity index (χ1n) is 5.17. The minimum atomic E-state index is -0.0421. The number of hydrogen-bond acceptors (Lipinski definition) is 4. The number of carbonyl (C=O) groups excluding carboxylic acids is 2. The van der Waals surface area contributed by atoms with Crippen molar-refractivity contribution in [1.29, 1.82) is 0 Å². The number of amides is 2. The maximum atomic E-state index is 11.6. The van der Waals surface area contributed by atoms with Gasteiger partial charge in [-0.2, -0.15) is 0 Å². The molecular formula is C9H15N3O2S. The smallest absolute Gasteiger partial charge is 0.282 e. The topological polar surface area (TPSA) is 61.4 Å². The molecule has 2 heterocycles. The number of carbonyl (C=O) groups is 2. The van der Waals surface area contributed by atoms with Crippen molar-refractivity contribution in [3.8, 4) is 0 Å². The van der Waals surface area contributed by atoms with Crippen LogP contribution >= 0.6 is 11.8 Å². The second-order valence-electron chi connectivity index (χ2n) is 3.79. The van der Waals surface area contributed by atoms with Crippen molar-refractivity contribution in [3.05, 3.63) is 0 Å². The SMILES string of the molecule is O=C(CN1CCSC1=O)NC1CCNC1. The molecule has 0 spiro atoms. The van der Waals surface area contributed by atoms with Crippen LogP contribution in [0.2, 0.25) is 0 Å². The Morgan fingerprint density at radius 3 is 3.13 bits per heavy atom. The first kappa shape index (κ1) is 10.8. The zero-order chi connectivity index (χ0) is 10.7. The molecule has 6 heteroatoms. The van der Waals surface area contributed by atoms with Gasteiger partial charge in [-0.3, -0.25) is 9.59 Å². The Morgan fingerprint density at radius 2 is 2.53 bits per heavy atom. The molecule has 5 nitrogen and oxygen atoms in total. The summed E-state index contributed by atoms with van der Waals surface area (Å²) in [4.78, 5) is 24.4. The average Bonchev–Trinajstić information content (AvgIpc) is 2.79. The van der Waals surface area contributed by atoms with Gasteiger partial charge in [-0.1, -0.05) is 11.8 Å². The molecule has 2 rings (SSSR count). The molecule has 0 radical (unpaired) electrons. The summed E-state index contributed by atoms with van der Waals surface area (Å²) < 4.78 is 0. The van der Waals surface area contributed by atoms with Crippen LogP contribution in [0.25, 0.3) is 0 Å². The maximum Gasteiger partial charge on any atom is 0.282 e. The number of nitrogens with zero attached hydrogens (tertiary/aromatic N) is 1. The summed E-state index contributed by atoms with van der Waals surface area (Å²) in [5.74, 6) is 0.761. The van der Waals surface area contributed by atoms with Crippen LogP contribution in [0.3, 0.4) is 0 Å². The molecule has 15 heavy (non-hydrogen) atoms. The van der Waals surface area contributed by atoms with Crippen molar-refractivity contribution >= 4 is 22.9 Å². The summed E-state index contributed by atoms with van der Waals surface area (Å²) in [6.07, 6.45) is 0.981.